The second-order valence-electron chi connectivity index (χ2n) is 11.3. The van der Waals surface area contributed by atoms with E-state index in [1.807, 2.05) is 74.5 Å². The van der Waals surface area contributed by atoms with Crippen LogP contribution in [-0.4, -0.2) is 20.7 Å². The minimum atomic E-state index is -0.196. The van der Waals surface area contributed by atoms with Crippen molar-refractivity contribution in [3.8, 4) is 17.1 Å². The number of aromatic nitrogens is 3. The number of Topliss-reactive ketones (excluding diaryl/α,β-unsaturated/α-hetero) is 1. The lowest BCUT2D eigenvalue weighted by Gasteiger charge is -2.29. The second-order valence-corrected chi connectivity index (χ2v) is 11.3. The average Bonchev–Trinajstić information content (AvgIpc) is 3.59. The van der Waals surface area contributed by atoms with Crippen molar-refractivity contribution in [1.82, 2.24) is 14.9 Å². The number of hydrogen-bond donors (Lipinski definition) is 1. The van der Waals surface area contributed by atoms with Crippen molar-refractivity contribution in [3.63, 3.8) is 0 Å². The molecule has 1 aliphatic carbocycles. The highest BCUT2D eigenvalue weighted by atomic mass is 16.5. The molecule has 0 unspecified atom stereocenters. The monoisotopic (exact) mass is 532 g/mol. The lowest BCUT2D eigenvalue weighted by Crippen LogP contribution is -2.28. The molecule has 5 aromatic rings. The maximum atomic E-state index is 13.9. The van der Waals surface area contributed by atoms with Crippen LogP contribution in [0.4, 0.5) is 11.4 Å². The molecule has 7 heteroatoms. The van der Waals surface area contributed by atoms with Crippen LogP contribution in [0.25, 0.3) is 29.2 Å². The highest BCUT2D eigenvalue weighted by Gasteiger charge is 2.39. The Morgan fingerprint density at radius 1 is 0.900 bits per heavy atom. The van der Waals surface area contributed by atoms with Gasteiger partial charge in [0.15, 0.2) is 17.4 Å². The Labute approximate surface area is 233 Å². The minimum Gasteiger partial charge on any atom is -0.360 e. The number of aryl methyl sites for hydroxylation is 3. The summed E-state index contributed by atoms with van der Waals surface area (Å²) in [5.41, 5.74) is 7.60. The van der Waals surface area contributed by atoms with E-state index in [1.165, 1.54) is 0 Å². The summed E-state index contributed by atoms with van der Waals surface area (Å²) in [6.07, 6.45) is 5.10. The van der Waals surface area contributed by atoms with Crippen molar-refractivity contribution in [2.24, 2.45) is 5.41 Å². The molecule has 2 aromatic carbocycles. The van der Waals surface area contributed by atoms with Gasteiger partial charge >= 0.3 is 0 Å². The molecule has 0 saturated heterocycles. The number of benzene rings is 2. The van der Waals surface area contributed by atoms with Gasteiger partial charge in [-0.05, 0) is 49.8 Å². The zero-order valence-electron chi connectivity index (χ0n) is 23.4. The zero-order chi connectivity index (χ0) is 28.0. The molecule has 3 heterocycles. The standard InChI is InChI=1S/C33H32N4O3/c1-20-11-9-10-12-23(20)15-16-27-30(22(3)35-40-27)34-31-29-25(18-33(4,5)19-26(29)38)37(28-17-21(2)39-36-28)32(31)24-13-7-6-8-14-24/h6-17,34H,18-19H2,1-5H3/b16-15+. The van der Waals surface area contributed by atoms with E-state index in [2.05, 4.69) is 53.1 Å². The van der Waals surface area contributed by atoms with E-state index in [1.54, 1.807) is 0 Å². The van der Waals surface area contributed by atoms with Gasteiger partial charge in [0.25, 0.3) is 0 Å². The molecule has 202 valence electrons. The van der Waals surface area contributed by atoms with Gasteiger partial charge < -0.3 is 14.4 Å². The summed E-state index contributed by atoms with van der Waals surface area (Å²) in [5.74, 6) is 2.02. The largest absolute Gasteiger partial charge is 0.360 e. The van der Waals surface area contributed by atoms with E-state index in [0.717, 1.165) is 39.5 Å². The van der Waals surface area contributed by atoms with Crippen molar-refractivity contribution in [2.45, 2.75) is 47.5 Å². The fraction of sp³-hybridized carbons (Fsp3) is 0.242. The normalized spacial score (nSPS) is 14.6. The lowest BCUT2D eigenvalue weighted by atomic mass is 9.76. The maximum Gasteiger partial charge on any atom is 0.183 e. The van der Waals surface area contributed by atoms with Gasteiger partial charge in [-0.3, -0.25) is 9.36 Å². The summed E-state index contributed by atoms with van der Waals surface area (Å²) in [4.78, 5) is 13.9. The van der Waals surface area contributed by atoms with Crippen LogP contribution in [0.2, 0.25) is 0 Å². The minimum absolute atomic E-state index is 0.0935. The molecule has 7 nitrogen and oxygen atoms in total. The van der Waals surface area contributed by atoms with Gasteiger partial charge in [-0.1, -0.05) is 84.8 Å². The Morgan fingerprint density at radius 3 is 2.38 bits per heavy atom. The third kappa shape index (κ3) is 4.57. The van der Waals surface area contributed by atoms with Gasteiger partial charge in [0.05, 0.1) is 16.9 Å². The number of nitrogens with one attached hydrogen (secondary N) is 1. The van der Waals surface area contributed by atoms with Crippen LogP contribution < -0.4 is 5.32 Å². The number of ketones is 1. The Kier molecular flexibility index (Phi) is 6.29. The number of carbonyl (C=O) groups excluding carboxylic acids is 1. The summed E-state index contributed by atoms with van der Waals surface area (Å²) >= 11 is 0. The van der Waals surface area contributed by atoms with Crippen LogP contribution >= 0.6 is 0 Å². The van der Waals surface area contributed by atoms with Crippen molar-refractivity contribution in [3.05, 3.63) is 100 Å². The van der Waals surface area contributed by atoms with Crippen LogP contribution in [-0.2, 0) is 6.42 Å². The first-order valence-electron chi connectivity index (χ1n) is 13.5. The van der Waals surface area contributed by atoms with Crippen molar-refractivity contribution in [2.75, 3.05) is 5.32 Å². The van der Waals surface area contributed by atoms with Crippen LogP contribution in [0.5, 0.6) is 0 Å². The van der Waals surface area contributed by atoms with Crippen molar-refractivity contribution >= 4 is 29.3 Å². The van der Waals surface area contributed by atoms with E-state index >= 15 is 0 Å². The molecule has 0 fully saturated rings. The molecule has 0 amide bonds. The van der Waals surface area contributed by atoms with Gasteiger partial charge in [0.2, 0.25) is 0 Å². The molecule has 0 radical (unpaired) electrons. The summed E-state index contributed by atoms with van der Waals surface area (Å²) in [6.45, 7) is 10.1. The average molecular weight is 533 g/mol. The van der Waals surface area contributed by atoms with Crippen LogP contribution in [0.1, 0.15) is 64.7 Å². The Bertz CT molecular complexity index is 1750. The zero-order valence-corrected chi connectivity index (χ0v) is 23.4. The topological polar surface area (TPSA) is 86.1 Å². The quantitative estimate of drug-likeness (QED) is 0.238. The first-order valence-corrected chi connectivity index (χ1v) is 13.5. The van der Waals surface area contributed by atoms with Gasteiger partial charge in [-0.15, -0.1) is 0 Å². The summed E-state index contributed by atoms with van der Waals surface area (Å²) < 4.78 is 13.3. The Balaban J connectivity index is 1.57. The molecule has 0 bridgehead atoms. The Hall–Kier alpha value is -4.65. The fourth-order valence-electron chi connectivity index (χ4n) is 5.55. The summed E-state index contributed by atoms with van der Waals surface area (Å²) in [7, 11) is 0. The third-order valence-corrected chi connectivity index (χ3v) is 7.47. The lowest BCUT2D eigenvalue weighted by molar-refractivity contribution is 0.0911. The number of nitrogens with zero attached hydrogens (tertiary/aromatic N) is 3. The van der Waals surface area contributed by atoms with Crippen molar-refractivity contribution < 1.29 is 13.8 Å². The highest BCUT2D eigenvalue weighted by Crippen LogP contribution is 2.47. The molecule has 1 aliphatic rings. The molecule has 0 spiro atoms. The molecule has 3 aromatic heterocycles. The molecule has 0 aliphatic heterocycles. The number of fused-ring (bicyclic) bond motifs is 1. The molecular formula is C33H32N4O3. The molecule has 40 heavy (non-hydrogen) atoms. The van der Waals surface area contributed by atoms with Crippen LogP contribution in [0.3, 0.4) is 0 Å². The van der Waals surface area contributed by atoms with E-state index in [4.69, 9.17) is 9.05 Å². The van der Waals surface area contributed by atoms with Gasteiger partial charge in [0, 0.05) is 23.7 Å². The molecular weight excluding hydrogens is 500 g/mol. The van der Waals surface area contributed by atoms with Crippen LogP contribution in [0.15, 0.2) is 69.7 Å². The van der Waals surface area contributed by atoms with Gasteiger partial charge in [-0.25, -0.2) is 0 Å². The molecule has 0 atom stereocenters. The number of carbonyl (C=O) groups is 1. The van der Waals surface area contributed by atoms with Gasteiger partial charge in [0.1, 0.15) is 17.1 Å². The van der Waals surface area contributed by atoms with E-state index in [0.29, 0.717) is 41.4 Å². The smallest absolute Gasteiger partial charge is 0.183 e. The fourth-order valence-corrected chi connectivity index (χ4v) is 5.55. The highest BCUT2D eigenvalue weighted by molar-refractivity contribution is 6.08. The van der Waals surface area contributed by atoms with E-state index < -0.39 is 0 Å². The molecule has 0 saturated carbocycles. The van der Waals surface area contributed by atoms with Crippen molar-refractivity contribution in [1.29, 1.82) is 0 Å². The first-order chi connectivity index (χ1) is 19.2. The number of rotatable bonds is 6. The molecule has 1 N–H and O–H groups in total. The summed E-state index contributed by atoms with van der Waals surface area (Å²) in [6, 6.07) is 20.1. The first kappa shape index (κ1) is 25.6. The second kappa shape index (κ2) is 9.83. The number of hydrogen-bond acceptors (Lipinski definition) is 6. The predicted molar refractivity (Wildman–Crippen MR) is 157 cm³/mol. The van der Waals surface area contributed by atoms with E-state index in [-0.39, 0.29) is 11.2 Å². The van der Waals surface area contributed by atoms with Crippen LogP contribution in [0, 0.1) is 26.2 Å². The Morgan fingerprint density at radius 2 is 1.65 bits per heavy atom. The molecule has 6 rings (SSSR count). The predicted octanol–water partition coefficient (Wildman–Crippen LogP) is 8.11. The SMILES string of the molecule is Cc1cc(-n2c3c(c(Nc4c(C)noc4/C=C/c4ccccc4C)c2-c2ccccc2)C(=O)CC(C)(C)C3)no1. The third-order valence-electron chi connectivity index (χ3n) is 7.47. The number of anilines is 2. The summed E-state index contributed by atoms with van der Waals surface area (Å²) in [5, 5.41) is 12.3. The van der Waals surface area contributed by atoms with Gasteiger partial charge in [-0.2, -0.15) is 0 Å². The van der Waals surface area contributed by atoms with E-state index in [9.17, 15) is 4.79 Å². The maximum absolute atomic E-state index is 13.9.